The van der Waals surface area contributed by atoms with Gasteiger partial charge in [0, 0.05) is 4.47 Å². The maximum Gasteiger partial charge on any atom is 0.236 e. The number of carbonyl (C=O) groups is 2. The number of carbonyl (C=O) groups excluding carboxylic acids is 2. The molecular weight excluding hydrogens is 342 g/mol. The molecule has 2 fully saturated rings. The molecule has 4 heteroatoms. The van der Waals surface area contributed by atoms with Crippen molar-refractivity contribution in [2.75, 3.05) is 0 Å². The van der Waals surface area contributed by atoms with Crippen LogP contribution in [0.1, 0.15) is 61.6 Å². The highest BCUT2D eigenvalue weighted by molar-refractivity contribution is 9.10. The van der Waals surface area contributed by atoms with Gasteiger partial charge in [-0.05, 0) is 48.9 Å². The van der Waals surface area contributed by atoms with Crippen LogP contribution in [-0.2, 0) is 16.0 Å². The van der Waals surface area contributed by atoms with Gasteiger partial charge in [-0.2, -0.15) is 0 Å². The van der Waals surface area contributed by atoms with Crippen LogP contribution in [0.25, 0.3) is 0 Å². The van der Waals surface area contributed by atoms with E-state index in [9.17, 15) is 9.59 Å². The molecule has 1 atom stereocenters. The number of aryl methyl sites for hydroxylation is 2. The summed E-state index contributed by atoms with van der Waals surface area (Å²) >= 11 is 3.58. The van der Waals surface area contributed by atoms with E-state index in [0.717, 1.165) is 59.7 Å². The highest BCUT2D eigenvalue weighted by Gasteiger charge is 2.53. The Kier molecular flexibility index (Phi) is 4.15. The van der Waals surface area contributed by atoms with Crippen LogP contribution in [0.3, 0.4) is 0 Å². The van der Waals surface area contributed by atoms with Crippen molar-refractivity contribution in [3.05, 3.63) is 33.3 Å². The lowest BCUT2D eigenvalue weighted by Crippen LogP contribution is -2.47. The molecule has 1 aliphatic carbocycles. The van der Waals surface area contributed by atoms with Gasteiger partial charge in [0.05, 0.1) is 5.54 Å². The van der Waals surface area contributed by atoms with Crippen LogP contribution in [0, 0.1) is 6.92 Å². The number of hydrogen-bond acceptors (Lipinski definition) is 2. The predicted molar refractivity (Wildman–Crippen MR) is 90.0 cm³/mol. The molecule has 0 radical (unpaired) electrons. The van der Waals surface area contributed by atoms with Crippen LogP contribution in [0.5, 0.6) is 0 Å². The van der Waals surface area contributed by atoms with Crippen molar-refractivity contribution < 1.29 is 9.59 Å². The second-order valence-corrected chi connectivity index (χ2v) is 7.46. The molecule has 1 heterocycles. The van der Waals surface area contributed by atoms with Crippen molar-refractivity contribution in [3.8, 4) is 0 Å². The van der Waals surface area contributed by atoms with E-state index in [4.69, 9.17) is 0 Å². The summed E-state index contributed by atoms with van der Waals surface area (Å²) in [6.45, 7) is 4.10. The highest BCUT2D eigenvalue weighted by atomic mass is 79.9. The maximum absolute atomic E-state index is 13.1. The lowest BCUT2D eigenvalue weighted by atomic mass is 9.76. The molecule has 1 unspecified atom stereocenters. The smallest absolute Gasteiger partial charge is 0.236 e. The zero-order chi connectivity index (χ0) is 15.9. The SMILES string of the molecule is CCc1cc(C)cc(Br)c1C1C(=O)NC2(CCCCC2)C1=O. The van der Waals surface area contributed by atoms with Crippen molar-refractivity contribution in [1.29, 1.82) is 0 Å². The van der Waals surface area contributed by atoms with E-state index in [1.54, 1.807) is 0 Å². The quantitative estimate of drug-likeness (QED) is 0.812. The summed E-state index contributed by atoms with van der Waals surface area (Å²) in [5.74, 6) is -0.689. The predicted octanol–water partition coefficient (Wildman–Crippen LogP) is 3.81. The van der Waals surface area contributed by atoms with E-state index in [1.807, 2.05) is 13.0 Å². The maximum atomic E-state index is 13.1. The molecule has 1 spiro atoms. The van der Waals surface area contributed by atoms with Gasteiger partial charge in [-0.15, -0.1) is 0 Å². The van der Waals surface area contributed by atoms with Crippen molar-refractivity contribution in [3.63, 3.8) is 0 Å². The molecular formula is C18H22BrNO2. The molecule has 1 N–H and O–H groups in total. The Balaban J connectivity index is 2.06. The average Bonchev–Trinajstić information content (AvgIpc) is 2.71. The minimum Gasteiger partial charge on any atom is -0.343 e. The Morgan fingerprint density at radius 2 is 1.91 bits per heavy atom. The van der Waals surface area contributed by atoms with E-state index < -0.39 is 11.5 Å². The Morgan fingerprint density at radius 1 is 1.23 bits per heavy atom. The first-order chi connectivity index (χ1) is 10.5. The fraction of sp³-hybridized carbons (Fsp3) is 0.556. The lowest BCUT2D eigenvalue weighted by molar-refractivity contribution is -0.125. The molecule has 1 aliphatic heterocycles. The number of nitrogens with one attached hydrogen (secondary N) is 1. The van der Waals surface area contributed by atoms with Crippen molar-refractivity contribution >= 4 is 27.6 Å². The van der Waals surface area contributed by atoms with Crippen LogP contribution < -0.4 is 5.32 Å². The summed E-state index contributed by atoms with van der Waals surface area (Å²) in [5, 5.41) is 3.05. The summed E-state index contributed by atoms with van der Waals surface area (Å²) < 4.78 is 0.880. The van der Waals surface area contributed by atoms with E-state index in [0.29, 0.717) is 0 Å². The molecule has 0 aromatic heterocycles. The molecule has 1 aromatic rings. The topological polar surface area (TPSA) is 46.2 Å². The molecule has 118 valence electrons. The van der Waals surface area contributed by atoms with Gasteiger partial charge in [0.1, 0.15) is 5.92 Å². The third-order valence-corrected chi connectivity index (χ3v) is 5.75. The Bertz CT molecular complexity index is 632. The van der Waals surface area contributed by atoms with Gasteiger partial charge >= 0.3 is 0 Å². The number of Topliss-reactive ketones (excluding diaryl/α,β-unsaturated/α-hetero) is 1. The summed E-state index contributed by atoms with van der Waals surface area (Å²) in [6, 6.07) is 4.09. The van der Waals surface area contributed by atoms with Gasteiger partial charge in [0.2, 0.25) is 5.91 Å². The molecule has 1 aromatic carbocycles. The first-order valence-electron chi connectivity index (χ1n) is 8.14. The van der Waals surface area contributed by atoms with Crippen LogP contribution in [0.15, 0.2) is 16.6 Å². The van der Waals surface area contributed by atoms with E-state index in [1.165, 1.54) is 0 Å². The van der Waals surface area contributed by atoms with Crippen LogP contribution >= 0.6 is 15.9 Å². The summed E-state index contributed by atoms with van der Waals surface area (Å²) in [7, 11) is 0. The molecule has 3 nitrogen and oxygen atoms in total. The number of halogens is 1. The second kappa shape index (κ2) is 5.80. The zero-order valence-corrected chi connectivity index (χ0v) is 14.8. The van der Waals surface area contributed by atoms with E-state index >= 15 is 0 Å². The lowest BCUT2D eigenvalue weighted by Gasteiger charge is -2.31. The summed E-state index contributed by atoms with van der Waals surface area (Å²) in [6.07, 6.45) is 5.60. The fourth-order valence-electron chi connectivity index (χ4n) is 3.99. The van der Waals surface area contributed by atoms with E-state index in [2.05, 4.69) is 34.2 Å². The summed E-state index contributed by atoms with van der Waals surface area (Å²) in [4.78, 5) is 25.7. The third-order valence-electron chi connectivity index (χ3n) is 5.09. The van der Waals surface area contributed by atoms with Gasteiger partial charge in [0.15, 0.2) is 5.78 Å². The Labute approximate surface area is 140 Å². The standard InChI is InChI=1S/C18H22BrNO2/c1-3-12-9-11(2)10-13(19)14(12)15-16(21)18(20-17(15)22)7-5-4-6-8-18/h9-10,15H,3-8H2,1-2H3,(H,20,22). The second-order valence-electron chi connectivity index (χ2n) is 6.60. The molecule has 2 aliphatic rings. The minimum absolute atomic E-state index is 0.0800. The van der Waals surface area contributed by atoms with Crippen molar-refractivity contribution in [2.24, 2.45) is 0 Å². The number of ketones is 1. The first-order valence-corrected chi connectivity index (χ1v) is 8.93. The van der Waals surface area contributed by atoms with E-state index in [-0.39, 0.29) is 11.7 Å². The third kappa shape index (κ3) is 2.41. The summed E-state index contributed by atoms with van der Waals surface area (Å²) in [5.41, 5.74) is 2.51. The van der Waals surface area contributed by atoms with Crippen molar-refractivity contribution in [1.82, 2.24) is 5.32 Å². The van der Waals surface area contributed by atoms with Gasteiger partial charge in [-0.25, -0.2) is 0 Å². The molecule has 1 saturated carbocycles. The molecule has 3 rings (SSSR count). The van der Waals surface area contributed by atoms with Crippen LogP contribution in [-0.4, -0.2) is 17.2 Å². The van der Waals surface area contributed by atoms with Crippen LogP contribution in [0.4, 0.5) is 0 Å². The average molecular weight is 364 g/mol. The van der Waals surface area contributed by atoms with Gasteiger partial charge < -0.3 is 5.32 Å². The number of benzene rings is 1. The molecule has 22 heavy (non-hydrogen) atoms. The van der Waals surface area contributed by atoms with Gasteiger partial charge in [-0.3, -0.25) is 9.59 Å². The van der Waals surface area contributed by atoms with Gasteiger partial charge in [0.25, 0.3) is 0 Å². The minimum atomic E-state index is -0.650. The number of hydrogen-bond donors (Lipinski definition) is 1. The number of amides is 1. The normalized spacial score (nSPS) is 23.9. The molecule has 1 amide bonds. The largest absolute Gasteiger partial charge is 0.343 e. The Morgan fingerprint density at radius 3 is 2.55 bits per heavy atom. The fourth-order valence-corrected chi connectivity index (χ4v) is 4.84. The van der Waals surface area contributed by atoms with Crippen molar-refractivity contribution in [2.45, 2.75) is 63.8 Å². The van der Waals surface area contributed by atoms with Crippen LogP contribution in [0.2, 0.25) is 0 Å². The van der Waals surface area contributed by atoms with Gasteiger partial charge in [-0.1, -0.05) is 48.2 Å². The zero-order valence-electron chi connectivity index (χ0n) is 13.2. The number of rotatable bonds is 2. The monoisotopic (exact) mass is 363 g/mol. The highest BCUT2D eigenvalue weighted by Crippen LogP contribution is 2.42. The molecule has 1 saturated heterocycles. The molecule has 0 bridgehead atoms. The first kappa shape index (κ1) is 15.7. The Hall–Kier alpha value is -1.16.